The van der Waals surface area contributed by atoms with Crippen LogP contribution < -0.4 is 10.1 Å². The van der Waals surface area contributed by atoms with E-state index < -0.39 is 5.60 Å². The van der Waals surface area contributed by atoms with Crippen molar-refractivity contribution in [3.05, 3.63) is 36.9 Å². The molecule has 4 aromatic heterocycles. The summed E-state index contributed by atoms with van der Waals surface area (Å²) < 4.78 is 7.89. The van der Waals surface area contributed by atoms with Gasteiger partial charge < -0.3 is 24.5 Å². The minimum absolute atomic E-state index is 0.246. The molecular weight excluding hydrogens is 380 g/mol. The average Bonchev–Trinajstić information content (AvgIpc) is 3.36. The lowest BCUT2D eigenvalue weighted by atomic mass is 9.84. The highest BCUT2D eigenvalue weighted by molar-refractivity contribution is 5.97. The summed E-state index contributed by atoms with van der Waals surface area (Å²) in [7, 11) is 0. The third kappa shape index (κ3) is 3.47. The zero-order chi connectivity index (χ0) is 20.7. The molecule has 0 radical (unpaired) electrons. The first-order chi connectivity index (χ1) is 14.5. The van der Waals surface area contributed by atoms with E-state index in [1.165, 1.54) is 0 Å². The molecular formula is C22H26N6O2. The van der Waals surface area contributed by atoms with E-state index in [0.29, 0.717) is 18.4 Å². The fraction of sp³-hybridized carbons (Fsp3) is 0.409. The number of hydrogen-bond donors (Lipinski definition) is 3. The molecule has 0 atom stereocenters. The largest absolute Gasteiger partial charge is 0.477 e. The molecule has 3 N–H and O–H groups in total. The van der Waals surface area contributed by atoms with Crippen LogP contribution in [0.3, 0.4) is 0 Å². The minimum atomic E-state index is -0.565. The van der Waals surface area contributed by atoms with Crippen LogP contribution in [0.5, 0.6) is 5.88 Å². The Morgan fingerprint density at radius 1 is 1.30 bits per heavy atom. The number of pyridine rings is 1. The summed E-state index contributed by atoms with van der Waals surface area (Å²) in [5.74, 6) is 1.12. The number of fused-ring (bicyclic) bond motifs is 2. The van der Waals surface area contributed by atoms with Crippen molar-refractivity contribution in [2.45, 2.75) is 51.2 Å². The van der Waals surface area contributed by atoms with Crippen LogP contribution in [0.4, 0.5) is 5.95 Å². The molecule has 1 saturated carbocycles. The molecule has 1 fully saturated rings. The Balaban J connectivity index is 1.50. The van der Waals surface area contributed by atoms with Gasteiger partial charge in [0.2, 0.25) is 11.8 Å². The fourth-order valence-electron chi connectivity index (χ4n) is 4.18. The number of aromatic amines is 1. The standard InChI is InChI=1S/C22H26N6O2/c1-3-30-20-18-16(14-4-5-17-23-10-11-28(17)13-14)12-24-19(18)26-21(27-20)25-15-6-8-22(2,29)9-7-15/h4-5,10-13,15,29H,3,6-9H2,1-2H3,(H2,24,25,26,27)/t15-,22+. The Hall–Kier alpha value is -3.13. The third-order valence-electron chi connectivity index (χ3n) is 5.88. The van der Waals surface area contributed by atoms with Crippen molar-refractivity contribution in [2.24, 2.45) is 0 Å². The second kappa shape index (κ2) is 7.28. The summed E-state index contributed by atoms with van der Waals surface area (Å²) in [5, 5.41) is 14.5. The van der Waals surface area contributed by atoms with Crippen LogP contribution in [0.2, 0.25) is 0 Å². The van der Waals surface area contributed by atoms with E-state index in [4.69, 9.17) is 9.72 Å². The molecule has 0 amide bonds. The fourth-order valence-corrected chi connectivity index (χ4v) is 4.18. The molecule has 0 unspecified atom stereocenters. The summed E-state index contributed by atoms with van der Waals surface area (Å²) in [6, 6.07) is 4.28. The average molecular weight is 406 g/mol. The highest BCUT2D eigenvalue weighted by atomic mass is 16.5. The van der Waals surface area contributed by atoms with Crippen LogP contribution in [-0.2, 0) is 0 Å². The lowest BCUT2D eigenvalue weighted by Crippen LogP contribution is -2.36. The van der Waals surface area contributed by atoms with Gasteiger partial charge in [-0.15, -0.1) is 0 Å². The van der Waals surface area contributed by atoms with E-state index in [1.54, 1.807) is 6.20 Å². The molecule has 5 rings (SSSR count). The van der Waals surface area contributed by atoms with Crippen molar-refractivity contribution in [1.82, 2.24) is 24.3 Å². The number of nitrogens with zero attached hydrogens (tertiary/aromatic N) is 4. The molecule has 4 heterocycles. The molecule has 8 nitrogen and oxygen atoms in total. The Bertz CT molecular complexity index is 1190. The first kappa shape index (κ1) is 18.9. The van der Waals surface area contributed by atoms with Crippen molar-refractivity contribution in [2.75, 3.05) is 11.9 Å². The number of hydrogen-bond acceptors (Lipinski definition) is 6. The molecule has 0 saturated heterocycles. The Labute approximate surface area is 174 Å². The van der Waals surface area contributed by atoms with Gasteiger partial charge in [-0.1, -0.05) is 0 Å². The Morgan fingerprint density at radius 2 is 2.13 bits per heavy atom. The molecule has 156 valence electrons. The second-order valence-corrected chi connectivity index (χ2v) is 8.24. The van der Waals surface area contributed by atoms with Crippen LogP contribution >= 0.6 is 0 Å². The zero-order valence-electron chi connectivity index (χ0n) is 17.2. The molecule has 0 aliphatic heterocycles. The number of ether oxygens (including phenoxy) is 1. The summed E-state index contributed by atoms with van der Waals surface area (Å²) in [6.45, 7) is 4.37. The zero-order valence-corrected chi connectivity index (χ0v) is 17.2. The number of nitrogens with one attached hydrogen (secondary N) is 2. The summed E-state index contributed by atoms with van der Waals surface area (Å²) >= 11 is 0. The minimum Gasteiger partial charge on any atom is -0.477 e. The van der Waals surface area contributed by atoms with Crippen molar-refractivity contribution in [3.63, 3.8) is 0 Å². The molecule has 30 heavy (non-hydrogen) atoms. The van der Waals surface area contributed by atoms with Gasteiger partial charge >= 0.3 is 0 Å². The molecule has 4 aromatic rings. The second-order valence-electron chi connectivity index (χ2n) is 8.24. The lowest BCUT2D eigenvalue weighted by Gasteiger charge is -2.33. The molecule has 1 aliphatic carbocycles. The van der Waals surface area contributed by atoms with Gasteiger partial charge in [0.25, 0.3) is 0 Å². The van der Waals surface area contributed by atoms with E-state index in [9.17, 15) is 5.11 Å². The van der Waals surface area contributed by atoms with Gasteiger partial charge in [0.05, 0.1) is 17.6 Å². The number of aliphatic hydroxyl groups is 1. The van der Waals surface area contributed by atoms with Crippen molar-refractivity contribution in [3.8, 4) is 17.0 Å². The van der Waals surface area contributed by atoms with Gasteiger partial charge in [0, 0.05) is 42.0 Å². The smallest absolute Gasteiger partial charge is 0.228 e. The predicted octanol–water partition coefficient (Wildman–Crippen LogP) is 3.78. The van der Waals surface area contributed by atoms with Crippen LogP contribution in [-0.4, -0.2) is 47.7 Å². The highest BCUT2D eigenvalue weighted by Gasteiger charge is 2.29. The van der Waals surface area contributed by atoms with Gasteiger partial charge in [0.1, 0.15) is 11.3 Å². The first-order valence-electron chi connectivity index (χ1n) is 10.5. The molecule has 0 aromatic carbocycles. The van der Waals surface area contributed by atoms with Crippen LogP contribution in [0.1, 0.15) is 39.5 Å². The van der Waals surface area contributed by atoms with Gasteiger partial charge in [-0.25, -0.2) is 4.98 Å². The Kier molecular flexibility index (Phi) is 4.58. The monoisotopic (exact) mass is 406 g/mol. The van der Waals surface area contributed by atoms with Crippen molar-refractivity contribution in [1.29, 1.82) is 0 Å². The SMILES string of the molecule is CCOc1nc(N[C@H]2CC[C@@](C)(O)CC2)nc2[nH]cc(-c3ccc4nccn4c3)c12. The lowest BCUT2D eigenvalue weighted by molar-refractivity contribution is 0.0195. The van der Waals surface area contributed by atoms with E-state index in [0.717, 1.165) is 53.5 Å². The molecule has 0 spiro atoms. The number of anilines is 1. The number of H-pyrrole nitrogens is 1. The van der Waals surface area contributed by atoms with Gasteiger partial charge in [-0.2, -0.15) is 9.97 Å². The third-order valence-corrected chi connectivity index (χ3v) is 5.88. The van der Waals surface area contributed by atoms with E-state index >= 15 is 0 Å². The normalized spacial score (nSPS) is 21.9. The van der Waals surface area contributed by atoms with Gasteiger partial charge in [0.15, 0.2) is 0 Å². The van der Waals surface area contributed by atoms with E-state index in [2.05, 4.69) is 20.3 Å². The molecule has 1 aliphatic rings. The van der Waals surface area contributed by atoms with E-state index in [1.807, 2.05) is 49.0 Å². The van der Waals surface area contributed by atoms with Crippen LogP contribution in [0, 0.1) is 0 Å². The quantitative estimate of drug-likeness (QED) is 0.466. The Morgan fingerprint density at radius 3 is 2.93 bits per heavy atom. The topological polar surface area (TPSA) is 100 Å². The number of rotatable bonds is 5. The summed E-state index contributed by atoms with van der Waals surface area (Å²) in [6.07, 6.45) is 11.0. The van der Waals surface area contributed by atoms with E-state index in [-0.39, 0.29) is 6.04 Å². The molecule has 0 bridgehead atoms. The maximum Gasteiger partial charge on any atom is 0.228 e. The maximum atomic E-state index is 10.2. The summed E-state index contributed by atoms with van der Waals surface area (Å²) in [5.41, 5.74) is 3.10. The summed E-state index contributed by atoms with van der Waals surface area (Å²) in [4.78, 5) is 17.0. The van der Waals surface area contributed by atoms with Crippen LogP contribution in [0.15, 0.2) is 36.9 Å². The van der Waals surface area contributed by atoms with Gasteiger partial charge in [-0.3, -0.25) is 0 Å². The highest BCUT2D eigenvalue weighted by Crippen LogP contribution is 2.35. The molecule has 8 heteroatoms. The van der Waals surface area contributed by atoms with Crippen LogP contribution in [0.25, 0.3) is 27.8 Å². The maximum absolute atomic E-state index is 10.2. The van der Waals surface area contributed by atoms with Gasteiger partial charge in [-0.05, 0) is 51.7 Å². The first-order valence-corrected chi connectivity index (χ1v) is 10.5. The number of imidazole rings is 1. The van der Waals surface area contributed by atoms with Crippen molar-refractivity contribution >= 4 is 22.6 Å². The predicted molar refractivity (Wildman–Crippen MR) is 116 cm³/mol. The number of aromatic nitrogens is 5. The van der Waals surface area contributed by atoms with Crippen molar-refractivity contribution < 1.29 is 9.84 Å².